The third-order valence-corrected chi connectivity index (χ3v) is 3.51. The lowest BCUT2D eigenvalue weighted by molar-refractivity contribution is 0.137. The topological polar surface area (TPSA) is 81.6 Å². The van der Waals surface area contributed by atoms with E-state index in [4.69, 9.17) is 0 Å². The zero-order valence-corrected chi connectivity index (χ0v) is 13.0. The standard InChI is InChI=1S/C17H18F2N2O3/c1-10(16(23)12-4-7-14(18)15(19)8-12)21-17(24)20-9-11-2-5-13(22)6-3-11/h2-8,10,16,22-23H,9H2,1H3,(H2,20,21,24). The van der Waals surface area contributed by atoms with E-state index in [9.17, 15) is 23.8 Å². The highest BCUT2D eigenvalue weighted by Crippen LogP contribution is 2.19. The molecule has 0 saturated heterocycles. The monoisotopic (exact) mass is 336 g/mol. The van der Waals surface area contributed by atoms with Crippen LogP contribution in [0.1, 0.15) is 24.2 Å². The number of aromatic hydroxyl groups is 1. The van der Waals surface area contributed by atoms with Crippen LogP contribution in [0, 0.1) is 11.6 Å². The normalized spacial score (nSPS) is 13.2. The summed E-state index contributed by atoms with van der Waals surface area (Å²) in [5.74, 6) is -1.93. The second-order valence-corrected chi connectivity index (χ2v) is 5.40. The highest BCUT2D eigenvalue weighted by atomic mass is 19.2. The first-order valence-corrected chi connectivity index (χ1v) is 7.32. The molecule has 2 unspecified atom stereocenters. The number of rotatable bonds is 5. The number of halogens is 2. The molecule has 5 nitrogen and oxygen atoms in total. The van der Waals surface area contributed by atoms with Crippen LogP contribution < -0.4 is 10.6 Å². The summed E-state index contributed by atoms with van der Waals surface area (Å²) in [4.78, 5) is 11.8. The summed E-state index contributed by atoms with van der Waals surface area (Å²) in [5.41, 5.74) is 0.956. The number of benzene rings is 2. The minimum atomic E-state index is -1.18. The lowest BCUT2D eigenvalue weighted by Gasteiger charge is -2.21. The Labute approximate surface area is 137 Å². The molecule has 128 valence electrons. The van der Waals surface area contributed by atoms with Crippen LogP contribution in [0.5, 0.6) is 5.75 Å². The molecule has 7 heteroatoms. The van der Waals surface area contributed by atoms with Crippen molar-refractivity contribution in [2.24, 2.45) is 0 Å². The molecule has 0 aliphatic rings. The van der Waals surface area contributed by atoms with Crippen LogP contribution in [-0.4, -0.2) is 22.3 Å². The van der Waals surface area contributed by atoms with E-state index in [1.807, 2.05) is 0 Å². The van der Waals surface area contributed by atoms with E-state index in [0.29, 0.717) is 0 Å². The van der Waals surface area contributed by atoms with E-state index in [1.54, 1.807) is 19.1 Å². The van der Waals surface area contributed by atoms with Crippen LogP contribution in [0.4, 0.5) is 13.6 Å². The maximum atomic E-state index is 13.2. The van der Waals surface area contributed by atoms with Crippen LogP contribution >= 0.6 is 0 Å². The van der Waals surface area contributed by atoms with Gasteiger partial charge in [-0.1, -0.05) is 18.2 Å². The van der Waals surface area contributed by atoms with E-state index < -0.39 is 29.8 Å². The summed E-state index contributed by atoms with van der Waals surface area (Å²) in [5, 5.41) is 24.4. The molecule has 0 radical (unpaired) electrons. The van der Waals surface area contributed by atoms with Crippen LogP contribution in [-0.2, 0) is 6.54 Å². The second-order valence-electron chi connectivity index (χ2n) is 5.40. The van der Waals surface area contributed by atoms with Crippen molar-refractivity contribution >= 4 is 6.03 Å². The zero-order chi connectivity index (χ0) is 17.7. The van der Waals surface area contributed by atoms with Crippen molar-refractivity contribution in [1.29, 1.82) is 0 Å². The molecule has 2 rings (SSSR count). The first-order valence-electron chi connectivity index (χ1n) is 7.32. The second kappa shape index (κ2) is 7.74. The van der Waals surface area contributed by atoms with Gasteiger partial charge >= 0.3 is 6.03 Å². The number of carbonyl (C=O) groups is 1. The van der Waals surface area contributed by atoms with Crippen molar-refractivity contribution in [3.8, 4) is 5.75 Å². The van der Waals surface area contributed by atoms with Gasteiger partial charge in [-0.15, -0.1) is 0 Å². The minimum Gasteiger partial charge on any atom is -0.508 e. The van der Waals surface area contributed by atoms with E-state index in [0.717, 1.165) is 17.7 Å². The Morgan fingerprint density at radius 3 is 2.42 bits per heavy atom. The Kier molecular flexibility index (Phi) is 5.70. The quantitative estimate of drug-likeness (QED) is 0.677. The lowest BCUT2D eigenvalue weighted by atomic mass is 10.0. The number of aliphatic hydroxyl groups is 1. The number of urea groups is 1. The number of hydrogen-bond donors (Lipinski definition) is 4. The Hall–Kier alpha value is -2.67. The van der Waals surface area contributed by atoms with Gasteiger partial charge in [0.15, 0.2) is 11.6 Å². The van der Waals surface area contributed by atoms with Gasteiger partial charge in [0.1, 0.15) is 5.75 Å². The van der Waals surface area contributed by atoms with Crippen molar-refractivity contribution in [2.75, 3.05) is 0 Å². The molecule has 0 aliphatic carbocycles. The summed E-state index contributed by atoms with van der Waals surface area (Å²) in [6, 6.07) is 8.18. The summed E-state index contributed by atoms with van der Waals surface area (Å²) in [6.45, 7) is 1.78. The van der Waals surface area contributed by atoms with E-state index in [2.05, 4.69) is 10.6 Å². The first kappa shape index (κ1) is 17.7. The average molecular weight is 336 g/mol. The highest BCUT2D eigenvalue weighted by Gasteiger charge is 2.19. The van der Waals surface area contributed by atoms with E-state index in [-0.39, 0.29) is 17.9 Å². The summed E-state index contributed by atoms with van der Waals surface area (Å²) >= 11 is 0. The molecule has 0 aliphatic heterocycles. The van der Waals surface area contributed by atoms with Gasteiger partial charge in [0, 0.05) is 6.54 Å². The van der Waals surface area contributed by atoms with Gasteiger partial charge in [0.25, 0.3) is 0 Å². The van der Waals surface area contributed by atoms with Gasteiger partial charge < -0.3 is 20.8 Å². The van der Waals surface area contributed by atoms with Crippen LogP contribution in [0.2, 0.25) is 0 Å². The van der Waals surface area contributed by atoms with Crippen LogP contribution in [0.15, 0.2) is 42.5 Å². The minimum absolute atomic E-state index is 0.131. The Morgan fingerprint density at radius 1 is 1.12 bits per heavy atom. The number of carbonyl (C=O) groups excluding carboxylic acids is 1. The summed E-state index contributed by atoms with van der Waals surface area (Å²) in [6.07, 6.45) is -1.18. The molecule has 24 heavy (non-hydrogen) atoms. The Morgan fingerprint density at radius 2 is 1.79 bits per heavy atom. The van der Waals surface area contributed by atoms with E-state index in [1.165, 1.54) is 18.2 Å². The number of phenolic OH excluding ortho intramolecular Hbond substituents is 1. The van der Waals surface area contributed by atoms with Gasteiger partial charge in [0.2, 0.25) is 0 Å². The largest absolute Gasteiger partial charge is 0.508 e. The number of hydrogen-bond acceptors (Lipinski definition) is 3. The molecular formula is C17H18F2N2O3. The smallest absolute Gasteiger partial charge is 0.315 e. The van der Waals surface area contributed by atoms with Gasteiger partial charge in [-0.3, -0.25) is 0 Å². The zero-order valence-electron chi connectivity index (χ0n) is 13.0. The third-order valence-electron chi connectivity index (χ3n) is 3.51. The van der Waals surface area contributed by atoms with Crippen molar-refractivity contribution in [3.63, 3.8) is 0 Å². The van der Waals surface area contributed by atoms with Crippen molar-refractivity contribution < 1.29 is 23.8 Å². The number of aliphatic hydroxyl groups excluding tert-OH is 1. The SMILES string of the molecule is CC(NC(=O)NCc1ccc(O)cc1)C(O)c1ccc(F)c(F)c1. The van der Waals surface area contributed by atoms with Crippen molar-refractivity contribution in [2.45, 2.75) is 25.6 Å². The first-order chi connectivity index (χ1) is 11.4. The van der Waals surface area contributed by atoms with Gasteiger partial charge in [-0.25, -0.2) is 13.6 Å². The third kappa shape index (κ3) is 4.66. The summed E-state index contributed by atoms with van der Waals surface area (Å²) < 4.78 is 26.1. The number of nitrogens with one attached hydrogen (secondary N) is 2. The van der Waals surface area contributed by atoms with Gasteiger partial charge in [-0.05, 0) is 42.3 Å². The van der Waals surface area contributed by atoms with Gasteiger partial charge in [0.05, 0.1) is 12.1 Å². The molecule has 2 atom stereocenters. The molecular weight excluding hydrogens is 318 g/mol. The predicted molar refractivity (Wildman–Crippen MR) is 84.3 cm³/mol. The Balaban J connectivity index is 1.88. The molecule has 0 aromatic heterocycles. The molecule has 0 saturated carbocycles. The molecule has 0 spiro atoms. The average Bonchev–Trinajstić information content (AvgIpc) is 2.56. The lowest BCUT2D eigenvalue weighted by Crippen LogP contribution is -2.43. The summed E-state index contributed by atoms with van der Waals surface area (Å²) in [7, 11) is 0. The van der Waals surface area contributed by atoms with Crippen LogP contribution in [0.25, 0.3) is 0 Å². The highest BCUT2D eigenvalue weighted by molar-refractivity contribution is 5.74. The fourth-order valence-electron chi connectivity index (χ4n) is 2.12. The molecule has 4 N–H and O–H groups in total. The fraction of sp³-hybridized carbons (Fsp3) is 0.235. The predicted octanol–water partition coefficient (Wildman–Crippen LogP) is 2.59. The maximum Gasteiger partial charge on any atom is 0.315 e. The molecule has 2 aromatic rings. The molecule has 0 fully saturated rings. The van der Waals surface area contributed by atoms with Gasteiger partial charge in [-0.2, -0.15) is 0 Å². The maximum absolute atomic E-state index is 13.2. The molecule has 2 amide bonds. The molecule has 0 heterocycles. The van der Waals surface area contributed by atoms with E-state index >= 15 is 0 Å². The van der Waals surface area contributed by atoms with Crippen molar-refractivity contribution in [3.05, 3.63) is 65.2 Å². The molecule has 0 bridgehead atoms. The fourth-order valence-corrected chi connectivity index (χ4v) is 2.12. The van der Waals surface area contributed by atoms with Crippen molar-refractivity contribution in [1.82, 2.24) is 10.6 Å². The number of phenols is 1. The number of amides is 2. The Bertz CT molecular complexity index is 707. The molecule has 2 aromatic carbocycles. The van der Waals surface area contributed by atoms with Crippen LogP contribution in [0.3, 0.4) is 0 Å².